The molecule has 39 heavy (non-hydrogen) atoms. The van der Waals surface area contributed by atoms with Gasteiger partial charge in [-0.3, -0.25) is 14.4 Å². The number of nitrogens with two attached hydrogens (primary N) is 1. The Morgan fingerprint density at radius 3 is 2.54 bits per heavy atom. The van der Waals surface area contributed by atoms with Gasteiger partial charge in [-0.1, -0.05) is 49.0 Å². The number of Topliss-reactive ketones (excluding diaryl/α,β-unsaturated/α-hetero) is 1. The van der Waals surface area contributed by atoms with Crippen LogP contribution in [0.4, 0.5) is 0 Å². The van der Waals surface area contributed by atoms with Crippen molar-refractivity contribution in [1.82, 2.24) is 20.5 Å². The third-order valence-corrected chi connectivity index (χ3v) is 8.49. The fourth-order valence-electron chi connectivity index (χ4n) is 3.32. The Morgan fingerprint density at radius 1 is 1.15 bits per heavy atom. The van der Waals surface area contributed by atoms with Crippen LogP contribution in [-0.2, 0) is 20.1 Å². The summed E-state index contributed by atoms with van der Waals surface area (Å²) in [7, 11) is 0. The summed E-state index contributed by atoms with van der Waals surface area (Å²) in [5.74, 6) is 0.289. The van der Waals surface area contributed by atoms with Gasteiger partial charge in [0.25, 0.3) is 0 Å². The minimum atomic E-state index is -0.862. The summed E-state index contributed by atoms with van der Waals surface area (Å²) in [6.07, 6.45) is 4.51. The van der Waals surface area contributed by atoms with Gasteiger partial charge in [-0.15, -0.1) is 23.1 Å². The Labute approximate surface area is 241 Å². The molecule has 1 aromatic heterocycles. The Bertz CT molecular complexity index is 1130. The summed E-state index contributed by atoms with van der Waals surface area (Å²) < 4.78 is 0.824. The molecule has 2 unspecified atom stereocenters. The van der Waals surface area contributed by atoms with E-state index in [0.717, 1.165) is 9.90 Å². The number of thioether (sulfide) groups is 2. The lowest BCUT2D eigenvalue weighted by Crippen LogP contribution is -2.53. The van der Waals surface area contributed by atoms with Crippen molar-refractivity contribution in [3.63, 3.8) is 0 Å². The number of hydrogen-bond donors (Lipinski definition) is 5. The van der Waals surface area contributed by atoms with E-state index in [0.29, 0.717) is 17.9 Å². The molecule has 210 valence electrons. The number of benzene rings is 1. The summed E-state index contributed by atoms with van der Waals surface area (Å²) in [5.41, 5.74) is 6.89. The fourth-order valence-corrected chi connectivity index (χ4v) is 5.73. The van der Waals surface area contributed by atoms with Crippen molar-refractivity contribution in [2.24, 2.45) is 5.73 Å². The van der Waals surface area contributed by atoms with E-state index < -0.39 is 23.9 Å². The van der Waals surface area contributed by atoms with Crippen LogP contribution in [0.25, 0.3) is 0 Å². The molecule has 10 nitrogen and oxygen atoms in total. The van der Waals surface area contributed by atoms with Gasteiger partial charge in [0, 0.05) is 42.0 Å². The second-order valence-corrected chi connectivity index (χ2v) is 11.5. The molecule has 1 heterocycles. The van der Waals surface area contributed by atoms with Crippen LogP contribution in [0.1, 0.15) is 25.8 Å². The first-order valence-electron chi connectivity index (χ1n) is 12.3. The van der Waals surface area contributed by atoms with Crippen molar-refractivity contribution in [3.05, 3.63) is 59.9 Å². The van der Waals surface area contributed by atoms with E-state index in [-0.39, 0.29) is 36.0 Å². The predicted molar refractivity (Wildman–Crippen MR) is 161 cm³/mol. The van der Waals surface area contributed by atoms with Crippen molar-refractivity contribution in [1.29, 1.82) is 10.8 Å². The molecule has 0 spiro atoms. The van der Waals surface area contributed by atoms with E-state index in [1.54, 1.807) is 20.0 Å². The Morgan fingerprint density at radius 2 is 1.90 bits per heavy atom. The lowest BCUT2D eigenvalue weighted by molar-refractivity contribution is -0.139. The first kappa shape index (κ1) is 32.2. The van der Waals surface area contributed by atoms with Crippen molar-refractivity contribution >= 4 is 63.9 Å². The largest absolute Gasteiger partial charge is 0.403 e. The molecule has 0 aliphatic heterocycles. The number of hydrogen-bond acceptors (Lipinski definition) is 11. The predicted octanol–water partition coefficient (Wildman–Crippen LogP) is 2.91. The molecule has 0 aliphatic rings. The molecule has 0 aliphatic carbocycles. The Balaban J connectivity index is 1.83. The van der Waals surface area contributed by atoms with Gasteiger partial charge >= 0.3 is 0 Å². The number of amides is 2. The molecule has 13 heteroatoms. The summed E-state index contributed by atoms with van der Waals surface area (Å²) in [6.45, 7) is 3.28. The van der Waals surface area contributed by atoms with Crippen LogP contribution in [0, 0.1) is 10.8 Å². The molecule has 0 radical (unpaired) electrons. The Kier molecular flexibility index (Phi) is 14.5. The number of aromatic nitrogens is 1. The van der Waals surface area contributed by atoms with Gasteiger partial charge in [0.2, 0.25) is 11.8 Å². The zero-order chi connectivity index (χ0) is 28.6. The smallest absolute Gasteiger partial charge is 0.244 e. The summed E-state index contributed by atoms with van der Waals surface area (Å²) in [6, 6.07) is 8.20. The third-order valence-electron chi connectivity index (χ3n) is 5.43. The zero-order valence-corrected chi connectivity index (χ0v) is 24.5. The van der Waals surface area contributed by atoms with Crippen molar-refractivity contribution < 1.29 is 14.4 Å². The number of thiazole rings is 1. The van der Waals surface area contributed by atoms with Gasteiger partial charge in [-0.2, -0.15) is 0 Å². The topological polar surface area (TPSA) is 165 Å². The maximum Gasteiger partial charge on any atom is 0.244 e. The molecule has 0 fully saturated rings. The average Bonchev–Trinajstić information content (AvgIpc) is 3.47. The maximum atomic E-state index is 13.2. The fraction of sp³-hybridized carbons (Fsp3) is 0.385. The normalized spacial score (nSPS) is 12.6. The molecule has 2 atom stereocenters. The number of nitrogens with one attached hydrogen (secondary N) is 4. The van der Waals surface area contributed by atoms with Crippen LogP contribution in [0.3, 0.4) is 0 Å². The lowest BCUT2D eigenvalue weighted by Gasteiger charge is -2.29. The second kappa shape index (κ2) is 17.6. The maximum absolute atomic E-state index is 13.2. The van der Waals surface area contributed by atoms with E-state index in [2.05, 4.69) is 15.6 Å². The molecular formula is C26H35N7O3S3. The van der Waals surface area contributed by atoms with Crippen LogP contribution in [0.5, 0.6) is 0 Å². The van der Waals surface area contributed by atoms with E-state index in [4.69, 9.17) is 16.6 Å². The van der Waals surface area contributed by atoms with Crippen molar-refractivity contribution in [3.8, 4) is 0 Å². The average molecular weight is 590 g/mol. The summed E-state index contributed by atoms with van der Waals surface area (Å²) in [4.78, 5) is 43.8. The third kappa shape index (κ3) is 11.3. The van der Waals surface area contributed by atoms with Crippen molar-refractivity contribution in [2.75, 3.05) is 24.6 Å². The van der Waals surface area contributed by atoms with E-state index >= 15 is 0 Å². The highest BCUT2D eigenvalue weighted by atomic mass is 32.2. The summed E-state index contributed by atoms with van der Waals surface area (Å²) >= 11 is 4.33. The van der Waals surface area contributed by atoms with E-state index in [1.807, 2.05) is 35.7 Å². The summed E-state index contributed by atoms with van der Waals surface area (Å²) in [5, 5.41) is 23.7. The minimum absolute atomic E-state index is 0.0164. The van der Waals surface area contributed by atoms with Crippen LogP contribution in [0.15, 0.2) is 58.6 Å². The van der Waals surface area contributed by atoms with Gasteiger partial charge in [0.05, 0.1) is 29.8 Å². The van der Waals surface area contributed by atoms with Crippen LogP contribution in [0.2, 0.25) is 0 Å². The van der Waals surface area contributed by atoms with Crippen molar-refractivity contribution in [2.45, 2.75) is 42.4 Å². The molecule has 0 saturated carbocycles. The molecule has 0 saturated heterocycles. The molecule has 2 rings (SSSR count). The number of carbonyl (C=O) groups is 3. The molecule has 2 aromatic rings. The highest BCUT2D eigenvalue weighted by Gasteiger charge is 2.30. The number of rotatable bonds is 18. The number of carbonyl (C=O) groups excluding carboxylic acids is 3. The molecule has 6 N–H and O–H groups in total. The van der Waals surface area contributed by atoms with Gasteiger partial charge < -0.3 is 32.1 Å². The van der Waals surface area contributed by atoms with Gasteiger partial charge in [0.15, 0.2) is 5.78 Å². The molecule has 1 aromatic carbocycles. The van der Waals surface area contributed by atoms with E-state index in [1.165, 1.54) is 52.2 Å². The standard InChI is InChI=1S/C26H35N7O3S3/c1-3-23(24(35)32-13-20(34)16-37-15-19-7-5-4-6-8-19)33(11-9-27)25(36)18(2)31-14-21(28)22(29)17-39-26-30-10-12-38-26/h4-12,18,23,28-29,31H,3,13-17,27H2,1-2H3,(H,32,35)/b11-9-,28-21?,29-22?. The van der Waals surface area contributed by atoms with Gasteiger partial charge in [-0.05, 0) is 18.9 Å². The monoisotopic (exact) mass is 589 g/mol. The SMILES string of the molecule is CCC(C(=O)NCC(=O)CSCc1ccccc1)N(/C=C\N)C(=O)C(C)NCC(=N)C(=N)CSc1nccs1. The first-order valence-corrected chi connectivity index (χ1v) is 15.3. The van der Waals surface area contributed by atoms with Gasteiger partial charge in [0.1, 0.15) is 10.4 Å². The minimum Gasteiger partial charge on any atom is -0.403 e. The highest BCUT2D eigenvalue weighted by Crippen LogP contribution is 2.20. The first-order chi connectivity index (χ1) is 18.8. The quantitative estimate of drug-likeness (QED) is 0.131. The molecular weight excluding hydrogens is 555 g/mol. The zero-order valence-electron chi connectivity index (χ0n) is 22.0. The van der Waals surface area contributed by atoms with E-state index in [9.17, 15) is 14.4 Å². The van der Waals surface area contributed by atoms with Crippen LogP contribution < -0.4 is 16.4 Å². The molecule has 2 amide bonds. The number of nitrogens with zero attached hydrogens (tertiary/aromatic N) is 2. The van der Waals surface area contributed by atoms with Crippen LogP contribution in [-0.4, -0.2) is 75.6 Å². The second-order valence-electron chi connectivity index (χ2n) is 8.39. The lowest BCUT2D eigenvalue weighted by atomic mass is 10.1. The van der Waals surface area contributed by atoms with Gasteiger partial charge in [-0.25, -0.2) is 4.98 Å². The molecule has 0 bridgehead atoms. The van der Waals surface area contributed by atoms with Crippen LogP contribution >= 0.6 is 34.9 Å². The Hall–Kier alpha value is -3.00. The number of ketones is 1. The highest BCUT2D eigenvalue weighted by molar-refractivity contribution is 8.01.